The van der Waals surface area contributed by atoms with Crippen molar-refractivity contribution in [1.29, 1.82) is 0 Å². The number of carbonyl (C=O) groups is 2. The van der Waals surface area contributed by atoms with Crippen molar-refractivity contribution in [1.82, 2.24) is 14.7 Å². The summed E-state index contributed by atoms with van der Waals surface area (Å²) in [5, 5.41) is 8.91. The molecule has 7 nitrogen and oxygen atoms in total. The maximum absolute atomic E-state index is 13.9. The minimum atomic E-state index is -0.832. The second kappa shape index (κ2) is 9.49. The lowest BCUT2D eigenvalue weighted by molar-refractivity contribution is -0.139. The number of likely N-dealkylation sites (tertiary alicyclic amines) is 1. The van der Waals surface area contributed by atoms with Crippen LogP contribution in [0.15, 0.2) is 18.2 Å². The Morgan fingerprint density at radius 3 is 2.48 bits per heavy atom. The quantitative estimate of drug-likeness (QED) is 0.732. The average molecular weight is 411 g/mol. The monoisotopic (exact) mass is 411 g/mol. The standard InChI is InChI=1S/C20H27F2N3O4/c1-2-19(26)25-12-16(29-18-4-3-14(21)9-17(18)22)10-15(25)11-23-5-7-24(8-6-23)13-20(27)28/h3-4,9,15-16H,2,5-8,10-13H2,1H3,(H,27,28)/t15?,16-/m0/s1. The smallest absolute Gasteiger partial charge is 0.317 e. The third kappa shape index (κ3) is 5.63. The van der Waals surface area contributed by atoms with Crippen LogP contribution in [0.5, 0.6) is 5.75 Å². The first-order valence-electron chi connectivity index (χ1n) is 9.93. The summed E-state index contributed by atoms with van der Waals surface area (Å²) < 4.78 is 32.8. The molecule has 0 aliphatic carbocycles. The summed E-state index contributed by atoms with van der Waals surface area (Å²) in [5.41, 5.74) is 0. The van der Waals surface area contributed by atoms with Gasteiger partial charge in [-0.3, -0.25) is 19.4 Å². The van der Waals surface area contributed by atoms with Crippen LogP contribution in [0, 0.1) is 11.6 Å². The maximum atomic E-state index is 13.9. The van der Waals surface area contributed by atoms with Gasteiger partial charge in [0.2, 0.25) is 5.91 Å². The molecule has 2 heterocycles. The molecular formula is C20H27F2N3O4. The summed E-state index contributed by atoms with van der Waals surface area (Å²) in [6.45, 7) is 5.68. The molecule has 2 saturated heterocycles. The number of hydrogen-bond acceptors (Lipinski definition) is 5. The highest BCUT2D eigenvalue weighted by molar-refractivity contribution is 5.76. The molecule has 1 amide bonds. The van der Waals surface area contributed by atoms with Gasteiger partial charge < -0.3 is 14.7 Å². The average Bonchev–Trinajstić information content (AvgIpc) is 3.07. The van der Waals surface area contributed by atoms with Crippen molar-refractivity contribution in [3.63, 3.8) is 0 Å². The molecular weight excluding hydrogens is 384 g/mol. The number of piperazine rings is 1. The summed E-state index contributed by atoms with van der Waals surface area (Å²) in [6.07, 6.45) is 0.585. The van der Waals surface area contributed by atoms with Crippen LogP contribution in [0.3, 0.4) is 0 Å². The van der Waals surface area contributed by atoms with Crippen molar-refractivity contribution < 1.29 is 28.2 Å². The number of benzene rings is 1. The van der Waals surface area contributed by atoms with E-state index in [1.165, 1.54) is 6.07 Å². The van der Waals surface area contributed by atoms with E-state index in [1.807, 2.05) is 4.90 Å². The van der Waals surface area contributed by atoms with E-state index in [-0.39, 0.29) is 30.3 Å². The number of hydrogen-bond donors (Lipinski definition) is 1. The molecule has 2 aliphatic heterocycles. The molecule has 29 heavy (non-hydrogen) atoms. The summed E-state index contributed by atoms with van der Waals surface area (Å²) in [5.74, 6) is -2.24. The zero-order valence-corrected chi connectivity index (χ0v) is 16.5. The zero-order valence-electron chi connectivity index (χ0n) is 16.5. The van der Waals surface area contributed by atoms with E-state index in [4.69, 9.17) is 9.84 Å². The minimum Gasteiger partial charge on any atom is -0.485 e. The summed E-state index contributed by atoms with van der Waals surface area (Å²) in [6, 6.07) is 3.15. The van der Waals surface area contributed by atoms with Gasteiger partial charge in [0.1, 0.15) is 11.9 Å². The third-order valence-corrected chi connectivity index (χ3v) is 5.48. The fourth-order valence-corrected chi connectivity index (χ4v) is 4.01. The number of rotatable bonds is 7. The topological polar surface area (TPSA) is 73.3 Å². The summed E-state index contributed by atoms with van der Waals surface area (Å²) >= 11 is 0. The Morgan fingerprint density at radius 1 is 1.17 bits per heavy atom. The number of ether oxygens (including phenoxy) is 1. The molecule has 0 spiro atoms. The van der Waals surface area contributed by atoms with Crippen LogP contribution < -0.4 is 4.74 Å². The number of carboxylic acids is 1. The van der Waals surface area contributed by atoms with Gasteiger partial charge in [-0.1, -0.05) is 6.92 Å². The van der Waals surface area contributed by atoms with Crippen LogP contribution in [-0.2, 0) is 9.59 Å². The summed E-state index contributed by atoms with van der Waals surface area (Å²) in [4.78, 5) is 29.2. The SMILES string of the molecule is CCC(=O)N1C[C@@H](Oc2ccc(F)cc2F)CC1CN1CCN(CC(=O)O)CC1. The predicted molar refractivity (Wildman–Crippen MR) is 102 cm³/mol. The van der Waals surface area contributed by atoms with Gasteiger partial charge in [0.05, 0.1) is 13.1 Å². The van der Waals surface area contributed by atoms with Gasteiger partial charge in [0, 0.05) is 57.7 Å². The Labute approximate surface area is 168 Å². The molecule has 9 heteroatoms. The normalized spacial score (nSPS) is 23.3. The second-order valence-electron chi connectivity index (χ2n) is 7.57. The number of carbonyl (C=O) groups excluding carboxylic acids is 1. The lowest BCUT2D eigenvalue weighted by Crippen LogP contribution is -2.51. The van der Waals surface area contributed by atoms with Crippen molar-refractivity contribution in [2.75, 3.05) is 45.8 Å². The van der Waals surface area contributed by atoms with Gasteiger partial charge in [0.15, 0.2) is 11.6 Å². The van der Waals surface area contributed by atoms with Crippen LogP contribution in [0.1, 0.15) is 19.8 Å². The van der Waals surface area contributed by atoms with Crippen molar-refractivity contribution in [2.24, 2.45) is 0 Å². The molecule has 1 aromatic carbocycles. The van der Waals surface area contributed by atoms with E-state index in [9.17, 15) is 18.4 Å². The maximum Gasteiger partial charge on any atom is 0.317 e. The van der Waals surface area contributed by atoms with E-state index in [2.05, 4.69) is 4.90 Å². The van der Waals surface area contributed by atoms with Gasteiger partial charge in [-0.05, 0) is 12.1 Å². The molecule has 3 rings (SSSR count). The highest BCUT2D eigenvalue weighted by Crippen LogP contribution is 2.26. The van der Waals surface area contributed by atoms with Crippen LogP contribution >= 0.6 is 0 Å². The number of amides is 1. The Bertz CT molecular complexity index is 740. The van der Waals surface area contributed by atoms with Crippen molar-refractivity contribution in [3.05, 3.63) is 29.8 Å². The van der Waals surface area contributed by atoms with Crippen LogP contribution in [0.25, 0.3) is 0 Å². The number of aliphatic carboxylic acids is 1. The molecule has 2 fully saturated rings. The van der Waals surface area contributed by atoms with Crippen molar-refractivity contribution >= 4 is 11.9 Å². The first kappa shape index (κ1) is 21.4. The molecule has 2 aliphatic rings. The molecule has 0 bridgehead atoms. The van der Waals surface area contributed by atoms with E-state index in [0.717, 1.165) is 25.2 Å². The van der Waals surface area contributed by atoms with Crippen LogP contribution in [-0.4, -0.2) is 89.6 Å². The Hall–Kier alpha value is -2.26. The Balaban J connectivity index is 1.59. The van der Waals surface area contributed by atoms with E-state index >= 15 is 0 Å². The Kier molecular flexibility index (Phi) is 7.02. The number of halogens is 2. The third-order valence-electron chi connectivity index (χ3n) is 5.48. The fourth-order valence-electron chi connectivity index (χ4n) is 4.01. The molecule has 1 unspecified atom stereocenters. The van der Waals surface area contributed by atoms with Gasteiger partial charge in [0.25, 0.3) is 0 Å². The first-order valence-corrected chi connectivity index (χ1v) is 9.93. The fraction of sp³-hybridized carbons (Fsp3) is 0.600. The van der Waals surface area contributed by atoms with E-state index in [1.54, 1.807) is 11.8 Å². The van der Waals surface area contributed by atoms with Crippen LogP contribution in [0.2, 0.25) is 0 Å². The van der Waals surface area contributed by atoms with E-state index < -0.39 is 17.6 Å². The second-order valence-corrected chi connectivity index (χ2v) is 7.57. The van der Waals surface area contributed by atoms with Gasteiger partial charge in [-0.15, -0.1) is 0 Å². The molecule has 1 aromatic rings. The molecule has 1 N–H and O–H groups in total. The molecule has 0 aromatic heterocycles. The molecule has 0 saturated carbocycles. The molecule has 160 valence electrons. The predicted octanol–water partition coefficient (Wildman–Crippen LogP) is 1.43. The number of carboxylic acid groups (broad SMARTS) is 1. The highest BCUT2D eigenvalue weighted by Gasteiger charge is 2.37. The molecule has 2 atom stereocenters. The van der Waals surface area contributed by atoms with Gasteiger partial charge in [-0.25, -0.2) is 8.78 Å². The van der Waals surface area contributed by atoms with Gasteiger partial charge in [-0.2, -0.15) is 0 Å². The largest absolute Gasteiger partial charge is 0.485 e. The van der Waals surface area contributed by atoms with Crippen molar-refractivity contribution in [2.45, 2.75) is 31.9 Å². The lowest BCUT2D eigenvalue weighted by atomic mass is 10.1. The van der Waals surface area contributed by atoms with E-state index in [0.29, 0.717) is 39.0 Å². The first-order chi connectivity index (χ1) is 13.9. The highest BCUT2D eigenvalue weighted by atomic mass is 19.1. The number of nitrogens with zero attached hydrogens (tertiary/aromatic N) is 3. The lowest BCUT2D eigenvalue weighted by Gasteiger charge is -2.36. The van der Waals surface area contributed by atoms with Crippen LogP contribution in [0.4, 0.5) is 8.78 Å². The summed E-state index contributed by atoms with van der Waals surface area (Å²) in [7, 11) is 0. The zero-order chi connectivity index (χ0) is 21.0. The molecule has 0 radical (unpaired) electrons. The van der Waals surface area contributed by atoms with Crippen molar-refractivity contribution in [3.8, 4) is 5.75 Å². The minimum absolute atomic E-state index is 0.0109. The van der Waals surface area contributed by atoms with Gasteiger partial charge >= 0.3 is 5.97 Å². The Morgan fingerprint density at radius 2 is 1.86 bits per heavy atom.